The number of amides is 1. The van der Waals surface area contributed by atoms with Crippen LogP contribution in [0.2, 0.25) is 5.02 Å². The fourth-order valence-corrected chi connectivity index (χ4v) is 4.54. The van der Waals surface area contributed by atoms with E-state index in [9.17, 15) is 9.59 Å². The highest BCUT2D eigenvalue weighted by Crippen LogP contribution is 2.24. The Labute approximate surface area is 198 Å². The molecule has 0 unspecified atom stereocenters. The first-order valence-corrected chi connectivity index (χ1v) is 11.6. The van der Waals surface area contributed by atoms with Crippen LogP contribution < -0.4 is 10.9 Å². The number of rotatable bonds is 6. The zero-order chi connectivity index (χ0) is 22.8. The summed E-state index contributed by atoms with van der Waals surface area (Å²) in [4.78, 5) is 25.8. The molecule has 9 heteroatoms. The van der Waals surface area contributed by atoms with Crippen molar-refractivity contribution in [3.05, 3.63) is 99.8 Å². The first-order chi connectivity index (χ1) is 16.1. The largest absolute Gasteiger partial charge is 0.324 e. The Morgan fingerprint density at radius 2 is 1.67 bits per heavy atom. The molecule has 0 aliphatic carbocycles. The van der Waals surface area contributed by atoms with E-state index in [1.54, 1.807) is 34.9 Å². The number of fused-ring (bicyclic) bond motifs is 3. The van der Waals surface area contributed by atoms with Crippen molar-refractivity contribution >= 4 is 51.6 Å². The van der Waals surface area contributed by atoms with E-state index < -0.39 is 0 Å². The number of thioether (sulfide) groups is 1. The molecule has 5 aromatic rings. The lowest BCUT2D eigenvalue weighted by Gasteiger charge is -2.11. The lowest BCUT2D eigenvalue weighted by atomic mass is 10.2. The predicted molar refractivity (Wildman–Crippen MR) is 131 cm³/mol. The van der Waals surface area contributed by atoms with Crippen LogP contribution in [0.25, 0.3) is 16.7 Å². The molecule has 1 N–H and O–H groups in total. The first-order valence-electron chi connectivity index (χ1n) is 10.2. The van der Waals surface area contributed by atoms with E-state index in [0.29, 0.717) is 39.1 Å². The van der Waals surface area contributed by atoms with Crippen LogP contribution in [-0.2, 0) is 11.3 Å². The monoisotopic (exact) mass is 475 g/mol. The van der Waals surface area contributed by atoms with Gasteiger partial charge in [0.1, 0.15) is 0 Å². The minimum absolute atomic E-state index is 0.109. The molecule has 0 aliphatic heterocycles. The summed E-state index contributed by atoms with van der Waals surface area (Å²) >= 11 is 7.37. The van der Waals surface area contributed by atoms with E-state index in [1.165, 1.54) is 11.8 Å². The highest BCUT2D eigenvalue weighted by Gasteiger charge is 2.18. The maximum Gasteiger partial charge on any atom is 0.263 e. The van der Waals surface area contributed by atoms with Crippen molar-refractivity contribution in [2.75, 3.05) is 11.1 Å². The van der Waals surface area contributed by atoms with Gasteiger partial charge in [0.05, 0.1) is 33.9 Å². The van der Waals surface area contributed by atoms with Crippen LogP contribution in [0.3, 0.4) is 0 Å². The molecule has 0 fully saturated rings. The van der Waals surface area contributed by atoms with Crippen molar-refractivity contribution in [3.8, 4) is 0 Å². The number of hydrogen-bond acceptors (Lipinski definition) is 5. The van der Waals surface area contributed by atoms with Crippen molar-refractivity contribution in [2.24, 2.45) is 0 Å². The summed E-state index contributed by atoms with van der Waals surface area (Å²) < 4.78 is 3.44. The highest BCUT2D eigenvalue weighted by atomic mass is 35.5. The molecule has 5 rings (SSSR count). The van der Waals surface area contributed by atoms with Gasteiger partial charge in [-0.25, -0.2) is 0 Å². The normalized spacial score (nSPS) is 11.2. The van der Waals surface area contributed by atoms with E-state index in [4.69, 9.17) is 11.6 Å². The SMILES string of the molecule is O=C(CSc1nnc2n(Cc3ccccc3)c(=O)c3ccccc3n12)Nc1ccccc1Cl. The predicted octanol–water partition coefficient (Wildman–Crippen LogP) is 4.48. The number of nitrogens with zero attached hydrogens (tertiary/aromatic N) is 4. The van der Waals surface area contributed by atoms with Gasteiger partial charge in [-0.3, -0.25) is 18.6 Å². The van der Waals surface area contributed by atoms with Gasteiger partial charge in [-0.1, -0.05) is 78.0 Å². The number of hydrogen-bond donors (Lipinski definition) is 1. The summed E-state index contributed by atoms with van der Waals surface area (Å²) in [5, 5.41) is 13.0. The van der Waals surface area contributed by atoms with E-state index in [2.05, 4.69) is 15.5 Å². The van der Waals surface area contributed by atoms with Crippen LogP contribution in [0.5, 0.6) is 0 Å². The Hall–Kier alpha value is -3.62. The van der Waals surface area contributed by atoms with Crippen LogP contribution >= 0.6 is 23.4 Å². The molecule has 164 valence electrons. The van der Waals surface area contributed by atoms with Crippen LogP contribution in [-0.4, -0.2) is 30.8 Å². The molecule has 7 nitrogen and oxygen atoms in total. The third-order valence-corrected chi connectivity index (χ3v) is 6.40. The minimum atomic E-state index is -0.216. The second kappa shape index (κ2) is 9.09. The average molecular weight is 476 g/mol. The summed E-state index contributed by atoms with van der Waals surface area (Å²) in [6.07, 6.45) is 0. The van der Waals surface area contributed by atoms with Gasteiger partial charge in [0.2, 0.25) is 11.7 Å². The number of carbonyl (C=O) groups excluding carboxylic acids is 1. The quantitative estimate of drug-likeness (QED) is 0.366. The zero-order valence-corrected chi connectivity index (χ0v) is 18.9. The standard InChI is InChI=1S/C24H18ClN5O2S/c25-18-11-5-6-12-19(18)26-21(31)15-33-24-28-27-23-29(14-16-8-2-1-3-9-16)22(32)17-10-4-7-13-20(17)30(23)24/h1-13H,14-15H2,(H,26,31). The van der Waals surface area contributed by atoms with Crippen LogP contribution in [0.15, 0.2) is 88.8 Å². The van der Waals surface area contributed by atoms with Gasteiger partial charge in [0.15, 0.2) is 5.16 Å². The lowest BCUT2D eigenvalue weighted by molar-refractivity contribution is -0.113. The number of aromatic nitrogens is 4. The molecule has 0 radical (unpaired) electrons. The fourth-order valence-electron chi connectivity index (χ4n) is 3.61. The molecule has 33 heavy (non-hydrogen) atoms. The topological polar surface area (TPSA) is 81.3 Å². The second-order valence-corrected chi connectivity index (χ2v) is 8.68. The molecular formula is C24H18ClN5O2S. The van der Waals surface area contributed by atoms with E-state index in [-0.39, 0.29) is 17.2 Å². The van der Waals surface area contributed by atoms with E-state index in [1.807, 2.05) is 52.9 Å². The van der Waals surface area contributed by atoms with Gasteiger partial charge in [0, 0.05) is 0 Å². The smallest absolute Gasteiger partial charge is 0.263 e. The Balaban J connectivity index is 1.51. The maximum absolute atomic E-state index is 13.3. The second-order valence-electron chi connectivity index (χ2n) is 7.33. The van der Waals surface area contributed by atoms with Crippen molar-refractivity contribution in [1.82, 2.24) is 19.2 Å². The van der Waals surface area contributed by atoms with Gasteiger partial charge in [0.25, 0.3) is 5.56 Å². The zero-order valence-electron chi connectivity index (χ0n) is 17.3. The average Bonchev–Trinajstić information content (AvgIpc) is 3.27. The Kier molecular flexibility index (Phi) is 5.85. The number of anilines is 1. The maximum atomic E-state index is 13.3. The number of halogens is 1. The van der Waals surface area contributed by atoms with Gasteiger partial charge in [-0.2, -0.15) is 0 Å². The van der Waals surface area contributed by atoms with Crippen molar-refractivity contribution in [2.45, 2.75) is 11.7 Å². The third kappa shape index (κ3) is 4.22. The van der Waals surface area contributed by atoms with E-state index >= 15 is 0 Å². The fraction of sp³-hybridized carbons (Fsp3) is 0.0833. The molecule has 0 aliphatic rings. The highest BCUT2D eigenvalue weighted by molar-refractivity contribution is 7.99. The molecular weight excluding hydrogens is 458 g/mol. The number of carbonyl (C=O) groups is 1. The summed E-state index contributed by atoms with van der Waals surface area (Å²) in [6, 6.07) is 24.1. The Morgan fingerprint density at radius 1 is 0.939 bits per heavy atom. The first kappa shape index (κ1) is 21.2. The third-order valence-electron chi connectivity index (χ3n) is 5.14. The Morgan fingerprint density at radius 3 is 2.48 bits per heavy atom. The molecule has 0 atom stereocenters. The minimum Gasteiger partial charge on any atom is -0.324 e. The summed E-state index contributed by atoms with van der Waals surface area (Å²) in [7, 11) is 0. The number of nitrogens with one attached hydrogen (secondary N) is 1. The Bertz CT molecular complexity index is 1530. The number of para-hydroxylation sites is 2. The number of benzene rings is 3. The van der Waals surface area contributed by atoms with Gasteiger partial charge >= 0.3 is 0 Å². The molecule has 2 heterocycles. The summed E-state index contributed by atoms with van der Waals surface area (Å²) in [6.45, 7) is 0.365. The molecule has 0 spiro atoms. The summed E-state index contributed by atoms with van der Waals surface area (Å²) in [5.74, 6) is 0.321. The van der Waals surface area contributed by atoms with Gasteiger partial charge in [-0.15, -0.1) is 10.2 Å². The lowest BCUT2D eigenvalue weighted by Crippen LogP contribution is -2.24. The van der Waals surface area contributed by atoms with E-state index in [0.717, 1.165) is 5.56 Å². The van der Waals surface area contributed by atoms with Gasteiger partial charge in [-0.05, 0) is 29.8 Å². The molecule has 2 aromatic heterocycles. The molecule has 3 aromatic carbocycles. The summed E-state index contributed by atoms with van der Waals surface area (Å²) in [5.41, 5.74) is 2.09. The van der Waals surface area contributed by atoms with Crippen LogP contribution in [0.4, 0.5) is 5.69 Å². The molecule has 1 amide bonds. The molecule has 0 bridgehead atoms. The van der Waals surface area contributed by atoms with Gasteiger partial charge < -0.3 is 5.32 Å². The molecule has 0 saturated carbocycles. The van der Waals surface area contributed by atoms with Crippen LogP contribution in [0, 0.1) is 0 Å². The molecule has 0 saturated heterocycles. The van der Waals surface area contributed by atoms with Crippen molar-refractivity contribution < 1.29 is 4.79 Å². The van der Waals surface area contributed by atoms with Crippen molar-refractivity contribution in [1.29, 1.82) is 0 Å². The van der Waals surface area contributed by atoms with Crippen LogP contribution in [0.1, 0.15) is 5.56 Å². The van der Waals surface area contributed by atoms with Crippen molar-refractivity contribution in [3.63, 3.8) is 0 Å².